The van der Waals surface area contributed by atoms with Crippen molar-refractivity contribution in [1.29, 1.82) is 0 Å². The molecule has 0 amide bonds. The first-order valence-electron chi connectivity index (χ1n) is 5.84. The van der Waals surface area contributed by atoms with E-state index in [9.17, 15) is 0 Å². The summed E-state index contributed by atoms with van der Waals surface area (Å²) in [5.41, 5.74) is 1.01. The number of aryl methyl sites for hydroxylation is 1. The van der Waals surface area contributed by atoms with Crippen molar-refractivity contribution in [2.24, 2.45) is 0 Å². The molecule has 0 bridgehead atoms. The van der Waals surface area contributed by atoms with E-state index in [2.05, 4.69) is 38.1 Å². The molecular formula is C10H15N5S3. The first-order valence-corrected chi connectivity index (χ1v) is 8.37. The number of anilines is 1. The van der Waals surface area contributed by atoms with E-state index in [0.29, 0.717) is 0 Å². The number of rotatable bonds is 7. The third kappa shape index (κ3) is 3.63. The lowest BCUT2D eigenvalue weighted by atomic mass is 10.4. The van der Waals surface area contributed by atoms with Crippen LogP contribution in [0.15, 0.2) is 4.34 Å². The van der Waals surface area contributed by atoms with Crippen LogP contribution >= 0.6 is 34.8 Å². The van der Waals surface area contributed by atoms with Gasteiger partial charge in [-0.3, -0.25) is 0 Å². The van der Waals surface area contributed by atoms with Crippen molar-refractivity contribution in [2.75, 3.05) is 11.9 Å². The maximum absolute atomic E-state index is 4.43. The van der Waals surface area contributed by atoms with Crippen molar-refractivity contribution in [1.82, 2.24) is 18.9 Å². The van der Waals surface area contributed by atoms with Crippen molar-refractivity contribution in [3.63, 3.8) is 0 Å². The molecule has 0 aromatic carbocycles. The lowest BCUT2D eigenvalue weighted by Gasteiger charge is -2.01. The van der Waals surface area contributed by atoms with Crippen LogP contribution in [0.2, 0.25) is 0 Å². The zero-order chi connectivity index (χ0) is 12.8. The molecule has 0 aliphatic carbocycles. The van der Waals surface area contributed by atoms with Gasteiger partial charge in [0.05, 0.1) is 0 Å². The molecule has 98 valence electrons. The number of aromatic nitrogens is 4. The molecule has 0 radical (unpaired) electrons. The Bertz CT molecular complexity index is 481. The fourth-order valence-corrected chi connectivity index (χ4v) is 3.57. The van der Waals surface area contributed by atoms with Crippen molar-refractivity contribution in [2.45, 2.75) is 36.8 Å². The van der Waals surface area contributed by atoms with Gasteiger partial charge >= 0.3 is 0 Å². The van der Waals surface area contributed by atoms with Gasteiger partial charge in [0.25, 0.3) is 0 Å². The Morgan fingerprint density at radius 3 is 2.89 bits per heavy atom. The largest absolute Gasteiger partial charge is 0.374 e. The van der Waals surface area contributed by atoms with Crippen molar-refractivity contribution >= 4 is 39.8 Å². The molecule has 2 rings (SSSR count). The lowest BCUT2D eigenvalue weighted by Crippen LogP contribution is -2.00. The highest BCUT2D eigenvalue weighted by atomic mass is 32.2. The van der Waals surface area contributed by atoms with Crippen molar-refractivity contribution < 1.29 is 0 Å². The Kier molecular flexibility index (Phi) is 5.33. The number of nitrogens with one attached hydrogen (secondary N) is 1. The zero-order valence-corrected chi connectivity index (χ0v) is 12.8. The molecule has 1 N–H and O–H groups in total. The third-order valence-corrected chi connectivity index (χ3v) is 4.80. The van der Waals surface area contributed by atoms with E-state index >= 15 is 0 Å². The minimum absolute atomic E-state index is 0.793. The summed E-state index contributed by atoms with van der Waals surface area (Å²) in [4.78, 5) is 4.43. The molecule has 0 fully saturated rings. The number of hydrogen-bond donors (Lipinski definition) is 1. The average Bonchev–Trinajstić information content (AvgIpc) is 3.02. The van der Waals surface area contributed by atoms with Gasteiger partial charge in [-0.15, -0.1) is 5.10 Å². The van der Waals surface area contributed by atoms with Crippen LogP contribution in [-0.2, 0) is 12.2 Å². The minimum atomic E-state index is 0.793. The standard InChI is InChI=1S/C10H15N5S3/c1-3-5-11-9-7(13-15-17-9)6-16-10-12-8(4-2)14-18-10/h11H,3-6H2,1-2H3. The molecule has 0 unspecified atom stereocenters. The van der Waals surface area contributed by atoms with Crippen LogP contribution in [0.1, 0.15) is 31.8 Å². The predicted molar refractivity (Wildman–Crippen MR) is 77.5 cm³/mol. The SMILES string of the molecule is CCCNc1snnc1CSc1nc(CC)ns1. The second-order valence-electron chi connectivity index (χ2n) is 3.59. The second-order valence-corrected chi connectivity index (χ2v) is 6.32. The average molecular weight is 301 g/mol. The Hall–Kier alpha value is -0.730. The molecule has 0 atom stereocenters. The summed E-state index contributed by atoms with van der Waals surface area (Å²) >= 11 is 4.54. The van der Waals surface area contributed by atoms with Crippen LogP contribution in [-0.4, -0.2) is 25.5 Å². The van der Waals surface area contributed by atoms with Crippen LogP contribution < -0.4 is 5.32 Å². The van der Waals surface area contributed by atoms with E-state index in [4.69, 9.17) is 0 Å². The van der Waals surface area contributed by atoms with Gasteiger partial charge in [-0.25, -0.2) is 4.98 Å². The Morgan fingerprint density at radius 1 is 1.28 bits per heavy atom. The van der Waals surface area contributed by atoms with Crippen LogP contribution in [0.25, 0.3) is 0 Å². The minimum Gasteiger partial charge on any atom is -0.374 e. The van der Waals surface area contributed by atoms with E-state index in [1.165, 1.54) is 23.1 Å². The van der Waals surface area contributed by atoms with Gasteiger partial charge in [-0.1, -0.05) is 30.1 Å². The summed E-state index contributed by atoms with van der Waals surface area (Å²) in [6, 6.07) is 0. The van der Waals surface area contributed by atoms with Gasteiger partial charge in [-0.2, -0.15) is 4.37 Å². The normalized spacial score (nSPS) is 10.8. The fraction of sp³-hybridized carbons (Fsp3) is 0.600. The summed E-state index contributed by atoms with van der Waals surface area (Å²) < 4.78 is 9.26. The van der Waals surface area contributed by atoms with Crippen LogP contribution in [0.5, 0.6) is 0 Å². The van der Waals surface area contributed by atoms with Gasteiger partial charge in [0.2, 0.25) is 0 Å². The molecule has 2 aromatic rings. The maximum Gasteiger partial charge on any atom is 0.170 e. The first kappa shape index (κ1) is 13.7. The molecular weight excluding hydrogens is 286 g/mol. The molecule has 0 aliphatic heterocycles. The number of nitrogens with zero attached hydrogens (tertiary/aromatic N) is 4. The van der Waals surface area contributed by atoms with E-state index in [-0.39, 0.29) is 0 Å². The zero-order valence-electron chi connectivity index (χ0n) is 10.3. The molecule has 0 aliphatic rings. The summed E-state index contributed by atoms with van der Waals surface area (Å²) in [5, 5.41) is 8.57. The molecule has 2 aromatic heterocycles. The lowest BCUT2D eigenvalue weighted by molar-refractivity contribution is 0.969. The predicted octanol–water partition coefficient (Wildman–Crippen LogP) is 3.07. The highest BCUT2D eigenvalue weighted by Gasteiger charge is 2.10. The molecule has 0 spiro atoms. The fourth-order valence-electron chi connectivity index (χ4n) is 1.25. The van der Waals surface area contributed by atoms with Gasteiger partial charge in [0.15, 0.2) is 4.34 Å². The summed E-state index contributed by atoms with van der Waals surface area (Å²) in [7, 11) is 0. The van der Waals surface area contributed by atoms with Crippen molar-refractivity contribution in [3.05, 3.63) is 11.5 Å². The molecule has 18 heavy (non-hydrogen) atoms. The highest BCUT2D eigenvalue weighted by Crippen LogP contribution is 2.28. The number of hydrogen-bond acceptors (Lipinski definition) is 8. The van der Waals surface area contributed by atoms with E-state index in [0.717, 1.165) is 46.0 Å². The van der Waals surface area contributed by atoms with E-state index in [1.54, 1.807) is 11.8 Å². The van der Waals surface area contributed by atoms with E-state index in [1.807, 2.05) is 0 Å². The summed E-state index contributed by atoms with van der Waals surface area (Å²) in [6.07, 6.45) is 1.99. The van der Waals surface area contributed by atoms with Crippen molar-refractivity contribution in [3.8, 4) is 0 Å². The smallest absolute Gasteiger partial charge is 0.170 e. The van der Waals surface area contributed by atoms with E-state index < -0.39 is 0 Å². The van der Waals surface area contributed by atoms with Crippen LogP contribution in [0, 0.1) is 0 Å². The monoisotopic (exact) mass is 301 g/mol. The molecule has 8 heteroatoms. The molecule has 0 saturated heterocycles. The van der Waals surface area contributed by atoms with Gasteiger partial charge in [0.1, 0.15) is 16.5 Å². The van der Waals surface area contributed by atoms with Gasteiger partial charge in [-0.05, 0) is 18.0 Å². The Balaban J connectivity index is 1.91. The summed E-state index contributed by atoms with van der Waals surface area (Å²) in [6.45, 7) is 5.16. The first-order chi connectivity index (χ1) is 8.83. The number of thioether (sulfide) groups is 1. The summed E-state index contributed by atoms with van der Waals surface area (Å²) in [5.74, 6) is 1.71. The second kappa shape index (κ2) is 7.01. The molecule has 2 heterocycles. The van der Waals surface area contributed by atoms with Gasteiger partial charge in [0, 0.05) is 30.3 Å². The Labute approximate surface area is 119 Å². The molecule has 0 saturated carbocycles. The topological polar surface area (TPSA) is 63.6 Å². The Morgan fingerprint density at radius 2 is 2.17 bits per heavy atom. The van der Waals surface area contributed by atoms with Crippen LogP contribution in [0.4, 0.5) is 5.00 Å². The third-order valence-electron chi connectivity index (χ3n) is 2.19. The molecule has 5 nitrogen and oxygen atoms in total. The quantitative estimate of drug-likeness (QED) is 0.793. The maximum atomic E-state index is 4.43. The van der Waals surface area contributed by atoms with Crippen LogP contribution in [0.3, 0.4) is 0 Å². The highest BCUT2D eigenvalue weighted by molar-refractivity contribution is 8.00. The van der Waals surface area contributed by atoms with Gasteiger partial charge < -0.3 is 5.32 Å².